The summed E-state index contributed by atoms with van der Waals surface area (Å²) in [6, 6.07) is 11.2. The number of amides is 1. The Morgan fingerprint density at radius 3 is 2.81 bits per heavy atom. The molecule has 8 heteroatoms. The lowest BCUT2D eigenvalue weighted by molar-refractivity contribution is 0.0940. The van der Waals surface area contributed by atoms with Crippen LogP contribution in [0, 0.1) is 5.82 Å². The van der Waals surface area contributed by atoms with Gasteiger partial charge in [0.05, 0.1) is 18.2 Å². The van der Waals surface area contributed by atoms with Crippen molar-refractivity contribution in [3.63, 3.8) is 0 Å². The molecule has 26 heavy (non-hydrogen) atoms. The van der Waals surface area contributed by atoms with E-state index in [1.165, 1.54) is 6.07 Å². The van der Waals surface area contributed by atoms with Crippen molar-refractivity contribution in [2.24, 2.45) is 0 Å². The Morgan fingerprint density at radius 1 is 1.31 bits per heavy atom. The zero-order chi connectivity index (χ0) is 18.5. The van der Waals surface area contributed by atoms with Crippen molar-refractivity contribution in [1.29, 1.82) is 0 Å². The minimum absolute atomic E-state index is 0.192. The number of nitrogens with zero attached hydrogens (tertiary/aromatic N) is 3. The number of H-pyrrole nitrogens is 1. The summed E-state index contributed by atoms with van der Waals surface area (Å²) >= 11 is 0. The molecule has 3 aromatic rings. The van der Waals surface area contributed by atoms with Crippen LogP contribution in [-0.2, 0) is 0 Å². The van der Waals surface area contributed by atoms with Gasteiger partial charge in [-0.2, -0.15) is 5.21 Å². The molecule has 0 aliphatic carbocycles. The zero-order valence-electron chi connectivity index (χ0n) is 14.4. The minimum Gasteiger partial charge on any atom is -0.491 e. The second kappa shape index (κ2) is 7.73. The van der Waals surface area contributed by atoms with Crippen molar-refractivity contribution in [1.82, 2.24) is 25.9 Å². The number of ether oxygens (including phenoxy) is 1. The molecule has 0 spiro atoms. The molecule has 1 heterocycles. The number of benzene rings is 2. The number of hydrogen-bond acceptors (Lipinski definition) is 5. The van der Waals surface area contributed by atoms with Gasteiger partial charge in [0.2, 0.25) is 5.82 Å². The van der Waals surface area contributed by atoms with E-state index in [9.17, 15) is 9.18 Å². The van der Waals surface area contributed by atoms with Crippen LogP contribution in [0.2, 0.25) is 0 Å². The summed E-state index contributed by atoms with van der Waals surface area (Å²) in [7, 11) is 0. The fourth-order valence-corrected chi connectivity index (χ4v) is 2.57. The van der Waals surface area contributed by atoms with E-state index in [1.807, 2.05) is 0 Å². The van der Waals surface area contributed by atoms with Crippen molar-refractivity contribution >= 4 is 5.91 Å². The van der Waals surface area contributed by atoms with Gasteiger partial charge in [-0.15, -0.1) is 10.2 Å². The molecule has 2 N–H and O–H groups in total. The predicted molar refractivity (Wildman–Crippen MR) is 93.1 cm³/mol. The Kier molecular flexibility index (Phi) is 5.21. The monoisotopic (exact) mass is 355 g/mol. The predicted octanol–water partition coefficient (Wildman–Crippen LogP) is 2.90. The number of carbonyl (C=O) groups is 1. The molecule has 134 valence electrons. The highest BCUT2D eigenvalue weighted by Gasteiger charge is 2.18. The second-order valence-electron chi connectivity index (χ2n) is 5.60. The first-order valence-electron chi connectivity index (χ1n) is 8.16. The Bertz CT molecular complexity index is 898. The van der Waals surface area contributed by atoms with Crippen molar-refractivity contribution in [2.45, 2.75) is 19.9 Å². The lowest BCUT2D eigenvalue weighted by Crippen LogP contribution is -2.27. The van der Waals surface area contributed by atoms with Crippen LogP contribution in [0.3, 0.4) is 0 Å². The molecular formula is C18H18FN5O2. The summed E-state index contributed by atoms with van der Waals surface area (Å²) in [5.41, 5.74) is 1.60. The zero-order valence-corrected chi connectivity index (χ0v) is 14.4. The fraction of sp³-hybridized carbons (Fsp3) is 0.222. The van der Waals surface area contributed by atoms with E-state index >= 15 is 0 Å². The molecule has 0 saturated heterocycles. The summed E-state index contributed by atoms with van der Waals surface area (Å²) < 4.78 is 19.2. The van der Waals surface area contributed by atoms with Crippen LogP contribution in [0.25, 0.3) is 11.4 Å². The Labute approximate surface area is 149 Å². The average Bonchev–Trinajstić information content (AvgIpc) is 3.18. The normalized spacial score (nSPS) is 11.8. The van der Waals surface area contributed by atoms with Crippen LogP contribution in [0.15, 0.2) is 42.5 Å². The van der Waals surface area contributed by atoms with Gasteiger partial charge in [0, 0.05) is 5.56 Å². The molecule has 1 atom stereocenters. The van der Waals surface area contributed by atoms with Crippen LogP contribution in [0.5, 0.6) is 5.75 Å². The van der Waals surface area contributed by atoms with E-state index < -0.39 is 11.9 Å². The first-order valence-corrected chi connectivity index (χ1v) is 8.16. The highest BCUT2D eigenvalue weighted by Crippen LogP contribution is 2.24. The van der Waals surface area contributed by atoms with Gasteiger partial charge in [-0.05, 0) is 42.8 Å². The van der Waals surface area contributed by atoms with Crippen LogP contribution in [0.4, 0.5) is 4.39 Å². The third kappa shape index (κ3) is 3.69. The first-order chi connectivity index (χ1) is 12.6. The Hall–Kier alpha value is -3.29. The minimum atomic E-state index is -0.461. The molecule has 1 amide bonds. The topological polar surface area (TPSA) is 92.8 Å². The molecule has 0 saturated carbocycles. The largest absolute Gasteiger partial charge is 0.491 e. The Morgan fingerprint density at radius 2 is 2.12 bits per heavy atom. The molecule has 2 aromatic carbocycles. The van der Waals surface area contributed by atoms with E-state index in [0.29, 0.717) is 29.1 Å². The summed E-state index contributed by atoms with van der Waals surface area (Å²) in [6.07, 6.45) is 0. The summed E-state index contributed by atoms with van der Waals surface area (Å²) in [5.74, 6) is -0.252. The average molecular weight is 355 g/mol. The lowest BCUT2D eigenvalue weighted by atomic mass is 10.0. The quantitative estimate of drug-likeness (QED) is 0.709. The number of aromatic nitrogens is 4. The number of hydrogen-bond donors (Lipinski definition) is 2. The van der Waals surface area contributed by atoms with Gasteiger partial charge in [0.25, 0.3) is 5.91 Å². The lowest BCUT2D eigenvalue weighted by Gasteiger charge is -2.16. The van der Waals surface area contributed by atoms with Crippen LogP contribution in [-0.4, -0.2) is 33.1 Å². The SMILES string of the molecule is CCOc1ccc([C@H](C)NC(=O)c2ccccc2-c2nn[nH]n2)cc1F. The van der Waals surface area contributed by atoms with Crippen molar-refractivity contribution in [3.8, 4) is 17.1 Å². The van der Waals surface area contributed by atoms with E-state index in [0.717, 1.165) is 0 Å². The highest BCUT2D eigenvalue weighted by molar-refractivity contribution is 6.00. The molecule has 0 aliphatic rings. The third-order valence-corrected chi connectivity index (χ3v) is 3.86. The fourth-order valence-electron chi connectivity index (χ4n) is 2.57. The summed E-state index contributed by atoms with van der Waals surface area (Å²) in [6.45, 7) is 3.96. The van der Waals surface area contributed by atoms with Crippen LogP contribution in [0.1, 0.15) is 35.8 Å². The van der Waals surface area contributed by atoms with Crippen molar-refractivity contribution in [3.05, 3.63) is 59.4 Å². The van der Waals surface area contributed by atoms with Gasteiger partial charge in [0.15, 0.2) is 11.6 Å². The van der Waals surface area contributed by atoms with Crippen molar-refractivity contribution < 1.29 is 13.9 Å². The van der Waals surface area contributed by atoms with Gasteiger partial charge >= 0.3 is 0 Å². The number of rotatable bonds is 6. The Balaban J connectivity index is 1.79. The first kappa shape index (κ1) is 17.5. The van der Waals surface area contributed by atoms with Gasteiger partial charge in [-0.1, -0.05) is 24.3 Å². The van der Waals surface area contributed by atoms with Gasteiger partial charge in [-0.25, -0.2) is 4.39 Å². The maximum atomic E-state index is 14.0. The molecule has 0 aliphatic heterocycles. The van der Waals surface area contributed by atoms with Gasteiger partial charge in [-0.3, -0.25) is 4.79 Å². The van der Waals surface area contributed by atoms with E-state index in [4.69, 9.17) is 4.74 Å². The molecule has 0 unspecified atom stereocenters. The van der Waals surface area contributed by atoms with Crippen molar-refractivity contribution in [2.75, 3.05) is 6.61 Å². The van der Waals surface area contributed by atoms with E-state index in [-0.39, 0.29) is 11.7 Å². The smallest absolute Gasteiger partial charge is 0.252 e. The number of tetrazole rings is 1. The third-order valence-electron chi connectivity index (χ3n) is 3.86. The van der Waals surface area contributed by atoms with Gasteiger partial charge in [0.1, 0.15) is 0 Å². The van der Waals surface area contributed by atoms with Gasteiger partial charge < -0.3 is 10.1 Å². The number of carbonyl (C=O) groups excluding carboxylic acids is 1. The number of nitrogens with one attached hydrogen (secondary N) is 2. The standard InChI is InChI=1S/C18H18FN5O2/c1-3-26-16-9-8-12(10-15(16)19)11(2)20-18(25)14-7-5-4-6-13(14)17-21-23-24-22-17/h4-11H,3H2,1-2H3,(H,20,25)(H,21,22,23,24)/t11-/m0/s1. The molecule has 0 radical (unpaired) electrons. The van der Waals surface area contributed by atoms with Crippen LogP contribution < -0.4 is 10.1 Å². The molecule has 0 fully saturated rings. The molecule has 7 nitrogen and oxygen atoms in total. The highest BCUT2D eigenvalue weighted by atomic mass is 19.1. The maximum absolute atomic E-state index is 14.0. The van der Waals surface area contributed by atoms with Crippen LogP contribution >= 0.6 is 0 Å². The molecule has 1 aromatic heterocycles. The summed E-state index contributed by atoms with van der Waals surface area (Å²) in [4.78, 5) is 12.7. The number of halogens is 1. The van der Waals surface area contributed by atoms with E-state index in [2.05, 4.69) is 25.9 Å². The summed E-state index contributed by atoms with van der Waals surface area (Å²) in [5, 5.41) is 16.6. The molecular weight excluding hydrogens is 337 g/mol. The number of aromatic amines is 1. The molecule has 3 rings (SSSR count). The maximum Gasteiger partial charge on any atom is 0.252 e. The second-order valence-corrected chi connectivity index (χ2v) is 5.60. The van der Waals surface area contributed by atoms with E-state index in [1.54, 1.807) is 50.2 Å². The molecule has 0 bridgehead atoms.